The molecule has 4 heterocycles. The van der Waals surface area contributed by atoms with Crippen molar-refractivity contribution in [2.75, 3.05) is 17.2 Å². The summed E-state index contributed by atoms with van der Waals surface area (Å²) in [5, 5.41) is 11.6. The molecule has 37 heavy (non-hydrogen) atoms. The van der Waals surface area contributed by atoms with Crippen molar-refractivity contribution >= 4 is 57.0 Å². The summed E-state index contributed by atoms with van der Waals surface area (Å²) in [6.07, 6.45) is -2.55. The van der Waals surface area contributed by atoms with E-state index in [1.807, 2.05) is 0 Å². The number of fused-ring (bicyclic) bond motifs is 2. The minimum absolute atomic E-state index is 0.0660. The summed E-state index contributed by atoms with van der Waals surface area (Å²) in [4.78, 5) is 27.8. The van der Waals surface area contributed by atoms with Crippen molar-refractivity contribution in [1.82, 2.24) is 9.78 Å². The van der Waals surface area contributed by atoms with Crippen molar-refractivity contribution in [3.05, 3.63) is 49.1 Å². The lowest BCUT2D eigenvalue weighted by atomic mass is 9.88. The molecule has 3 atom stereocenters. The molecule has 198 valence electrons. The average molecular weight is 573 g/mol. The number of alkyl halides is 3. The van der Waals surface area contributed by atoms with Crippen LogP contribution in [0.4, 0.5) is 24.0 Å². The summed E-state index contributed by atoms with van der Waals surface area (Å²) in [5.74, 6) is -0.971. The minimum Gasteiger partial charge on any atom is -0.462 e. The first-order chi connectivity index (χ1) is 17.6. The Morgan fingerprint density at radius 1 is 1.38 bits per heavy atom. The fourth-order valence-electron chi connectivity index (χ4n) is 4.83. The van der Waals surface area contributed by atoms with Crippen molar-refractivity contribution in [2.45, 2.75) is 57.8 Å². The number of esters is 1. The van der Waals surface area contributed by atoms with E-state index in [1.165, 1.54) is 22.7 Å². The van der Waals surface area contributed by atoms with Gasteiger partial charge in [-0.3, -0.25) is 4.79 Å². The molecule has 3 aromatic rings. The van der Waals surface area contributed by atoms with Gasteiger partial charge in [-0.1, -0.05) is 24.6 Å². The second-order valence-corrected chi connectivity index (χ2v) is 11.7. The molecular weight excluding hydrogens is 549 g/mol. The fourth-order valence-corrected chi connectivity index (χ4v) is 7.28. The lowest BCUT2D eigenvalue weighted by Crippen LogP contribution is -2.35. The summed E-state index contributed by atoms with van der Waals surface area (Å²) < 4.78 is 48.0. The Morgan fingerprint density at radius 2 is 2.16 bits per heavy atom. The summed E-state index contributed by atoms with van der Waals surface area (Å²) in [7, 11) is 0. The van der Waals surface area contributed by atoms with Gasteiger partial charge in [0, 0.05) is 16.2 Å². The van der Waals surface area contributed by atoms with Gasteiger partial charge in [0.25, 0.3) is 5.91 Å². The number of halogens is 4. The van der Waals surface area contributed by atoms with Gasteiger partial charge in [-0.15, -0.1) is 22.7 Å². The number of aromatic nitrogens is 2. The van der Waals surface area contributed by atoms with Crippen LogP contribution in [-0.4, -0.2) is 34.4 Å². The zero-order chi connectivity index (χ0) is 26.5. The van der Waals surface area contributed by atoms with Crippen LogP contribution in [0, 0.1) is 5.92 Å². The Hall–Kier alpha value is -2.57. The van der Waals surface area contributed by atoms with Crippen LogP contribution in [-0.2, 0) is 17.6 Å². The number of thiophene rings is 2. The van der Waals surface area contributed by atoms with E-state index in [9.17, 15) is 22.8 Å². The van der Waals surface area contributed by atoms with E-state index in [-0.39, 0.29) is 29.6 Å². The molecule has 0 aromatic carbocycles. The van der Waals surface area contributed by atoms with Crippen molar-refractivity contribution in [1.29, 1.82) is 0 Å². The van der Waals surface area contributed by atoms with E-state index in [4.69, 9.17) is 16.3 Å². The van der Waals surface area contributed by atoms with E-state index < -0.39 is 30.1 Å². The Balaban J connectivity index is 1.50. The van der Waals surface area contributed by atoms with Crippen molar-refractivity contribution in [2.24, 2.45) is 5.92 Å². The Morgan fingerprint density at radius 3 is 2.84 bits per heavy atom. The molecule has 0 spiro atoms. The first-order valence-corrected chi connectivity index (χ1v) is 13.9. The molecule has 0 saturated heterocycles. The molecule has 1 aliphatic carbocycles. The smallest absolute Gasteiger partial charge is 0.410 e. The molecule has 1 amide bonds. The fraction of sp³-hybridized carbons (Fsp3) is 0.458. The molecule has 13 heteroatoms. The van der Waals surface area contributed by atoms with Crippen molar-refractivity contribution in [3.8, 4) is 0 Å². The predicted octanol–water partition coefficient (Wildman–Crippen LogP) is 6.87. The lowest BCUT2D eigenvalue weighted by Gasteiger charge is -2.32. The molecule has 3 aromatic heterocycles. The summed E-state index contributed by atoms with van der Waals surface area (Å²) in [5.41, 5.74) is 0.802. The second-order valence-electron chi connectivity index (χ2n) is 9.19. The lowest BCUT2D eigenvalue weighted by molar-refractivity contribution is -0.173. The minimum atomic E-state index is -4.60. The van der Waals surface area contributed by atoms with Gasteiger partial charge in [0.1, 0.15) is 15.8 Å². The number of nitrogens with zero attached hydrogens (tertiary/aromatic N) is 2. The van der Waals surface area contributed by atoms with E-state index in [0.717, 1.165) is 32.8 Å². The summed E-state index contributed by atoms with van der Waals surface area (Å²) in [6, 6.07) is 0.921. The maximum absolute atomic E-state index is 14.0. The largest absolute Gasteiger partial charge is 0.462 e. The number of nitrogens with one attached hydrogen (secondary N) is 2. The van der Waals surface area contributed by atoms with E-state index >= 15 is 0 Å². The normalized spacial score (nSPS) is 21.1. The average Bonchev–Trinajstić information content (AvgIpc) is 3.55. The van der Waals surface area contributed by atoms with Crippen LogP contribution >= 0.6 is 34.3 Å². The molecule has 1 aliphatic heterocycles. The van der Waals surface area contributed by atoms with Crippen molar-refractivity contribution < 1.29 is 27.5 Å². The Labute approximate surface area is 224 Å². The third-order valence-electron chi connectivity index (χ3n) is 6.62. The van der Waals surface area contributed by atoms with Crippen LogP contribution in [0.5, 0.6) is 0 Å². The van der Waals surface area contributed by atoms with E-state index in [2.05, 4.69) is 22.7 Å². The third kappa shape index (κ3) is 4.86. The number of ether oxygens (including phenoxy) is 1. The van der Waals surface area contributed by atoms with Gasteiger partial charge in [0.2, 0.25) is 0 Å². The highest BCUT2D eigenvalue weighted by molar-refractivity contribution is 7.17. The zero-order valence-electron chi connectivity index (χ0n) is 19.9. The van der Waals surface area contributed by atoms with Gasteiger partial charge >= 0.3 is 12.1 Å². The van der Waals surface area contributed by atoms with Gasteiger partial charge in [0.15, 0.2) is 11.7 Å². The number of carbonyl (C=O) groups is 2. The molecule has 0 saturated carbocycles. The Bertz CT molecular complexity index is 1340. The van der Waals surface area contributed by atoms with Gasteiger partial charge in [-0.2, -0.15) is 18.3 Å². The van der Waals surface area contributed by atoms with Crippen LogP contribution < -0.4 is 10.6 Å². The SMILES string of the molecule is CCOC(=O)c1c(NC(=O)c2nn3c(c2Cl)N[C@H](c2cccs2)C[C@H]3C(F)(F)F)sc2c1CC[C@H](C)C2. The van der Waals surface area contributed by atoms with Crippen LogP contribution in [0.2, 0.25) is 5.02 Å². The van der Waals surface area contributed by atoms with E-state index in [0.29, 0.717) is 22.9 Å². The van der Waals surface area contributed by atoms with Crippen LogP contribution in [0.25, 0.3) is 0 Å². The topological polar surface area (TPSA) is 85.2 Å². The summed E-state index contributed by atoms with van der Waals surface area (Å²) >= 11 is 9.08. The molecular formula is C24H24ClF3N4O3S2. The molecule has 0 bridgehead atoms. The number of hydrogen-bond acceptors (Lipinski definition) is 7. The first kappa shape index (κ1) is 26.1. The van der Waals surface area contributed by atoms with E-state index in [1.54, 1.807) is 24.4 Å². The standard InChI is InChI=1S/C24H24ClF3N4O3S2/c1-3-35-23(34)17-12-7-6-11(2)9-15(12)37-22(17)30-21(33)19-18(25)20-29-13(14-5-4-8-36-14)10-16(24(26,27)28)32(20)31-19/h4-5,8,11,13,16,29H,3,6-7,9-10H2,1-2H3,(H,30,33)/t11-,13-,16-/m0/s1. The monoisotopic (exact) mass is 572 g/mol. The van der Waals surface area contributed by atoms with Crippen LogP contribution in [0.1, 0.15) is 74.9 Å². The van der Waals surface area contributed by atoms with Crippen LogP contribution in [0.3, 0.4) is 0 Å². The molecule has 2 N–H and O–H groups in total. The molecule has 0 radical (unpaired) electrons. The van der Waals surface area contributed by atoms with Crippen molar-refractivity contribution in [3.63, 3.8) is 0 Å². The van der Waals surface area contributed by atoms with Gasteiger partial charge in [-0.05, 0) is 49.1 Å². The maximum Gasteiger partial charge on any atom is 0.410 e. The summed E-state index contributed by atoms with van der Waals surface area (Å²) in [6.45, 7) is 3.98. The first-order valence-electron chi connectivity index (χ1n) is 11.9. The van der Waals surface area contributed by atoms with Crippen LogP contribution in [0.15, 0.2) is 17.5 Å². The molecule has 7 nitrogen and oxygen atoms in total. The van der Waals surface area contributed by atoms with Gasteiger partial charge < -0.3 is 15.4 Å². The number of anilines is 2. The maximum atomic E-state index is 14.0. The highest BCUT2D eigenvalue weighted by Gasteiger charge is 2.48. The quantitative estimate of drug-likeness (QED) is 0.326. The third-order valence-corrected chi connectivity index (χ3v) is 9.13. The van der Waals surface area contributed by atoms with Gasteiger partial charge in [0.05, 0.1) is 18.2 Å². The molecule has 2 aliphatic rings. The van der Waals surface area contributed by atoms with Gasteiger partial charge in [-0.25, -0.2) is 9.48 Å². The number of rotatable bonds is 5. The zero-order valence-corrected chi connectivity index (χ0v) is 22.3. The predicted molar refractivity (Wildman–Crippen MR) is 137 cm³/mol. The molecule has 0 fully saturated rings. The number of hydrogen-bond donors (Lipinski definition) is 2. The number of amides is 1. The highest BCUT2D eigenvalue weighted by atomic mass is 35.5. The second kappa shape index (κ2) is 9.95. The highest BCUT2D eigenvalue weighted by Crippen LogP contribution is 2.47. The Kier molecular flexibility index (Phi) is 7.01. The number of carbonyl (C=O) groups excluding carboxylic acids is 2. The molecule has 5 rings (SSSR count). The molecule has 0 unspecified atom stereocenters.